The molecule has 0 radical (unpaired) electrons. The number of ether oxygens (including phenoxy) is 1. The Morgan fingerprint density at radius 3 is 1.75 bits per heavy atom. The highest BCUT2D eigenvalue weighted by molar-refractivity contribution is 5.89. The number of aliphatic hydroxyl groups excluding tert-OH is 2. The summed E-state index contributed by atoms with van der Waals surface area (Å²) in [5.74, 6) is -7.16. The van der Waals surface area contributed by atoms with Crippen molar-refractivity contribution in [2.75, 3.05) is 6.61 Å². The highest BCUT2D eigenvalue weighted by atomic mass is 16.7. The molecule has 0 aliphatic carbocycles. The maximum absolute atomic E-state index is 12.9. The first-order valence-corrected chi connectivity index (χ1v) is 13.6. The Labute approximate surface area is 214 Å². The van der Waals surface area contributed by atoms with Gasteiger partial charge in [0.15, 0.2) is 17.5 Å². The Bertz CT molecular complexity index is 770. The fourth-order valence-corrected chi connectivity index (χ4v) is 5.01. The van der Waals surface area contributed by atoms with E-state index in [9.17, 15) is 35.4 Å². The Balaban J connectivity index is 1.81. The number of rotatable bonds is 17. The van der Waals surface area contributed by atoms with Crippen molar-refractivity contribution in [1.29, 1.82) is 0 Å². The van der Waals surface area contributed by atoms with E-state index in [0.717, 1.165) is 25.7 Å². The van der Waals surface area contributed by atoms with E-state index in [-0.39, 0.29) is 12.0 Å². The first-order chi connectivity index (χ1) is 17.2. The topological polar surface area (TPSA) is 148 Å². The van der Waals surface area contributed by atoms with Gasteiger partial charge in [-0.15, -0.1) is 0 Å². The lowest BCUT2D eigenvalue weighted by Crippen LogP contribution is -2.78. The van der Waals surface area contributed by atoms with Crippen LogP contribution in [0.15, 0.2) is 30.3 Å². The third-order valence-corrected chi connectivity index (χ3v) is 7.39. The Morgan fingerprint density at radius 2 is 1.28 bits per heavy atom. The SMILES string of the molecule is CCCCCCCCCCCCCCCC(=O)[C@]1(O)[C@H](O)C(O)(O)[C@@](O)(c2ccccc2)O[C@@H]1CO. The van der Waals surface area contributed by atoms with Crippen LogP contribution in [0.1, 0.15) is 102 Å². The van der Waals surface area contributed by atoms with E-state index in [1.165, 1.54) is 75.6 Å². The maximum Gasteiger partial charge on any atom is 0.253 e. The van der Waals surface area contributed by atoms with Crippen molar-refractivity contribution in [3.8, 4) is 0 Å². The zero-order valence-corrected chi connectivity index (χ0v) is 21.6. The summed E-state index contributed by atoms with van der Waals surface area (Å²) in [5, 5.41) is 63.8. The quantitative estimate of drug-likeness (QED) is 0.138. The summed E-state index contributed by atoms with van der Waals surface area (Å²) in [4.78, 5) is 12.9. The van der Waals surface area contributed by atoms with Gasteiger partial charge < -0.3 is 35.4 Å². The second-order valence-electron chi connectivity index (χ2n) is 10.2. The second kappa shape index (κ2) is 14.5. The van der Waals surface area contributed by atoms with Gasteiger partial charge in [-0.1, -0.05) is 114 Å². The van der Waals surface area contributed by atoms with Crippen LogP contribution in [-0.4, -0.2) is 66.6 Å². The van der Waals surface area contributed by atoms with Gasteiger partial charge in [-0.3, -0.25) is 4.79 Å². The van der Waals surface area contributed by atoms with Crippen molar-refractivity contribution in [3.05, 3.63) is 35.9 Å². The molecule has 1 aromatic carbocycles. The maximum atomic E-state index is 12.9. The van der Waals surface area contributed by atoms with Crippen LogP contribution in [-0.2, 0) is 15.3 Å². The Morgan fingerprint density at radius 1 is 0.806 bits per heavy atom. The van der Waals surface area contributed by atoms with Crippen LogP contribution in [0.3, 0.4) is 0 Å². The molecule has 0 saturated carbocycles. The highest BCUT2D eigenvalue weighted by Gasteiger charge is 2.71. The molecule has 0 spiro atoms. The van der Waals surface area contributed by atoms with Crippen molar-refractivity contribution < 1.29 is 40.2 Å². The molecule has 1 aliphatic rings. The van der Waals surface area contributed by atoms with Gasteiger partial charge in [0.1, 0.15) is 6.10 Å². The number of hydrogen-bond donors (Lipinski definition) is 6. The average Bonchev–Trinajstić information content (AvgIpc) is 2.88. The molecule has 1 aliphatic heterocycles. The van der Waals surface area contributed by atoms with Gasteiger partial charge in [-0.05, 0) is 6.42 Å². The van der Waals surface area contributed by atoms with E-state index < -0.39 is 41.8 Å². The van der Waals surface area contributed by atoms with Crippen LogP contribution in [0.5, 0.6) is 0 Å². The van der Waals surface area contributed by atoms with Crippen molar-refractivity contribution >= 4 is 5.78 Å². The molecule has 1 aromatic rings. The monoisotopic (exact) mass is 510 g/mol. The number of Topliss-reactive ketones (excluding diaryl/α,β-unsaturated/α-hetero) is 1. The van der Waals surface area contributed by atoms with E-state index in [1.54, 1.807) is 6.07 Å². The summed E-state index contributed by atoms with van der Waals surface area (Å²) in [6.45, 7) is 1.29. The zero-order chi connectivity index (χ0) is 26.7. The van der Waals surface area contributed by atoms with Gasteiger partial charge in [0.2, 0.25) is 0 Å². The molecule has 8 nitrogen and oxygen atoms in total. The summed E-state index contributed by atoms with van der Waals surface area (Å²) < 4.78 is 5.33. The molecule has 0 unspecified atom stereocenters. The molecule has 36 heavy (non-hydrogen) atoms. The molecule has 8 heteroatoms. The van der Waals surface area contributed by atoms with E-state index in [2.05, 4.69) is 6.92 Å². The third-order valence-electron chi connectivity index (χ3n) is 7.39. The van der Waals surface area contributed by atoms with Gasteiger partial charge >= 0.3 is 0 Å². The van der Waals surface area contributed by atoms with E-state index in [1.807, 2.05) is 0 Å². The molecule has 1 heterocycles. The normalized spacial score (nSPS) is 27.8. The van der Waals surface area contributed by atoms with Crippen LogP contribution in [0, 0.1) is 0 Å². The molecular formula is C28H46O8. The molecular weight excluding hydrogens is 464 g/mol. The number of carbonyl (C=O) groups excluding carboxylic acids is 1. The predicted octanol–water partition coefficient (Wildman–Crippen LogP) is 3.05. The van der Waals surface area contributed by atoms with Gasteiger partial charge in [-0.2, -0.15) is 0 Å². The number of benzene rings is 1. The number of aliphatic hydroxyl groups is 6. The van der Waals surface area contributed by atoms with Crippen molar-refractivity contribution in [2.45, 2.75) is 126 Å². The minimum absolute atomic E-state index is 0.113. The van der Waals surface area contributed by atoms with Gasteiger partial charge in [-0.25, -0.2) is 0 Å². The van der Waals surface area contributed by atoms with Gasteiger partial charge in [0.05, 0.1) is 6.61 Å². The van der Waals surface area contributed by atoms with Crippen LogP contribution in [0.25, 0.3) is 0 Å². The minimum Gasteiger partial charge on any atom is -0.394 e. The minimum atomic E-state index is -3.42. The van der Waals surface area contributed by atoms with Gasteiger partial charge in [0, 0.05) is 12.0 Å². The van der Waals surface area contributed by atoms with Crippen LogP contribution >= 0.6 is 0 Å². The van der Waals surface area contributed by atoms with E-state index in [0.29, 0.717) is 6.42 Å². The van der Waals surface area contributed by atoms with Crippen molar-refractivity contribution in [2.24, 2.45) is 0 Å². The van der Waals surface area contributed by atoms with Crippen LogP contribution in [0.2, 0.25) is 0 Å². The molecule has 2 rings (SSSR count). The smallest absolute Gasteiger partial charge is 0.253 e. The fraction of sp³-hybridized carbons (Fsp3) is 0.750. The predicted molar refractivity (Wildman–Crippen MR) is 136 cm³/mol. The molecule has 206 valence electrons. The number of carbonyl (C=O) groups is 1. The fourth-order valence-electron chi connectivity index (χ4n) is 5.01. The molecule has 1 fully saturated rings. The Hall–Kier alpha value is -1.39. The van der Waals surface area contributed by atoms with Crippen molar-refractivity contribution in [1.82, 2.24) is 0 Å². The average molecular weight is 511 g/mol. The molecule has 6 N–H and O–H groups in total. The molecule has 0 amide bonds. The van der Waals surface area contributed by atoms with Crippen LogP contribution < -0.4 is 0 Å². The summed E-state index contributed by atoms with van der Waals surface area (Å²) in [7, 11) is 0. The highest BCUT2D eigenvalue weighted by Crippen LogP contribution is 2.46. The summed E-state index contributed by atoms with van der Waals surface area (Å²) >= 11 is 0. The number of ketones is 1. The number of unbranched alkanes of at least 4 members (excludes halogenated alkanes) is 12. The van der Waals surface area contributed by atoms with Gasteiger partial charge in [0.25, 0.3) is 11.6 Å². The lowest BCUT2D eigenvalue weighted by molar-refractivity contribution is -0.466. The lowest BCUT2D eigenvalue weighted by atomic mass is 9.73. The van der Waals surface area contributed by atoms with E-state index in [4.69, 9.17) is 4.74 Å². The lowest BCUT2D eigenvalue weighted by Gasteiger charge is -2.54. The second-order valence-corrected chi connectivity index (χ2v) is 10.2. The first-order valence-electron chi connectivity index (χ1n) is 13.6. The van der Waals surface area contributed by atoms with Crippen LogP contribution in [0.4, 0.5) is 0 Å². The molecule has 4 atom stereocenters. The summed E-state index contributed by atoms with van der Waals surface area (Å²) in [6.07, 6.45) is 10.2. The first kappa shape index (κ1) is 30.8. The zero-order valence-electron chi connectivity index (χ0n) is 21.6. The Kier molecular flexibility index (Phi) is 12.4. The van der Waals surface area contributed by atoms with E-state index >= 15 is 0 Å². The number of hydrogen-bond acceptors (Lipinski definition) is 8. The molecule has 0 aromatic heterocycles. The molecule has 1 saturated heterocycles. The summed E-state index contributed by atoms with van der Waals surface area (Å²) in [6, 6.07) is 7.31. The largest absolute Gasteiger partial charge is 0.394 e. The standard InChI is InChI=1S/C28H46O8/c1-2-3-4-5-6-7-8-9-10-11-12-13-17-20-23(30)26(32)24(21-29)36-28(35,27(33,34)25(26)31)22-18-15-14-16-19-22/h14-16,18-19,24-25,29,31-35H,2-13,17,20-21H2,1H3/t24-,25+,26-,28-/m1/s1. The van der Waals surface area contributed by atoms with Crippen molar-refractivity contribution in [3.63, 3.8) is 0 Å². The summed E-state index contributed by atoms with van der Waals surface area (Å²) in [5.41, 5.74) is -2.91. The third kappa shape index (κ3) is 7.13. The molecule has 0 bridgehead atoms.